The first-order chi connectivity index (χ1) is 15.0. The number of fused-ring (bicyclic) bond motifs is 1. The second-order valence-electron chi connectivity index (χ2n) is 8.35. The summed E-state index contributed by atoms with van der Waals surface area (Å²) in [7, 11) is 0. The summed E-state index contributed by atoms with van der Waals surface area (Å²) >= 11 is 0. The first-order valence-corrected chi connectivity index (χ1v) is 10.5. The molecule has 0 spiro atoms. The minimum Gasteiger partial charge on any atom is -0.458 e. The molecule has 0 amide bonds. The Hall–Kier alpha value is -3.21. The van der Waals surface area contributed by atoms with Crippen molar-refractivity contribution in [1.29, 1.82) is 0 Å². The average Bonchev–Trinajstić information content (AvgIpc) is 3.14. The van der Waals surface area contributed by atoms with Crippen molar-refractivity contribution in [2.45, 2.75) is 31.7 Å². The lowest BCUT2D eigenvalue weighted by Gasteiger charge is -2.50. The van der Waals surface area contributed by atoms with E-state index in [0.29, 0.717) is 12.2 Å². The van der Waals surface area contributed by atoms with Crippen molar-refractivity contribution in [3.8, 4) is 0 Å². The number of rotatable bonds is 4. The van der Waals surface area contributed by atoms with Gasteiger partial charge in [0.15, 0.2) is 5.60 Å². The lowest BCUT2D eigenvalue weighted by Crippen LogP contribution is -2.59. The summed E-state index contributed by atoms with van der Waals surface area (Å²) in [6, 6.07) is 29.6. The van der Waals surface area contributed by atoms with Crippen molar-refractivity contribution < 1.29 is 19.3 Å². The molecule has 3 aromatic rings. The van der Waals surface area contributed by atoms with Crippen LogP contribution in [0.2, 0.25) is 0 Å². The summed E-state index contributed by atoms with van der Waals surface area (Å²) in [5, 5.41) is 0. The van der Waals surface area contributed by atoms with Gasteiger partial charge in [0, 0.05) is 18.9 Å². The molecule has 31 heavy (non-hydrogen) atoms. The van der Waals surface area contributed by atoms with Crippen LogP contribution in [0, 0.1) is 5.41 Å². The summed E-state index contributed by atoms with van der Waals surface area (Å²) < 4.78 is 6.26. The van der Waals surface area contributed by atoms with E-state index < -0.39 is 16.8 Å². The fraction of sp³-hybridized carbons (Fsp3) is 0.222. The van der Waals surface area contributed by atoms with Gasteiger partial charge in [0.2, 0.25) is 0 Å². The Morgan fingerprint density at radius 2 is 1.29 bits per heavy atom. The van der Waals surface area contributed by atoms with Gasteiger partial charge in [-0.05, 0) is 24.1 Å². The molecule has 1 saturated heterocycles. The van der Waals surface area contributed by atoms with Crippen molar-refractivity contribution in [2.24, 2.45) is 5.41 Å². The quantitative estimate of drug-likeness (QED) is 0.520. The van der Waals surface area contributed by atoms with E-state index in [1.165, 1.54) is 0 Å². The highest BCUT2D eigenvalue weighted by molar-refractivity contribution is 5.89. The fourth-order valence-corrected chi connectivity index (χ4v) is 4.73. The number of Topliss-reactive ketones (excluding diaryl/α,β-unsaturated/α-hetero) is 1. The minimum absolute atomic E-state index is 0.0273. The maximum atomic E-state index is 13.3. The molecular weight excluding hydrogens is 388 g/mol. The number of hydrogen-bond acceptors (Lipinski definition) is 4. The van der Waals surface area contributed by atoms with Crippen LogP contribution in [0.3, 0.4) is 0 Å². The zero-order valence-corrected chi connectivity index (χ0v) is 17.6. The van der Waals surface area contributed by atoms with Gasteiger partial charge >= 0.3 is 0 Å². The van der Waals surface area contributed by atoms with E-state index in [1.54, 1.807) is 13.8 Å². The monoisotopic (exact) mass is 412 g/mol. The maximum Gasteiger partial charge on any atom is 0.254 e. The van der Waals surface area contributed by atoms with Gasteiger partial charge in [0.1, 0.15) is 17.0 Å². The lowest BCUT2D eigenvalue weighted by atomic mass is 9.65. The Kier molecular flexibility index (Phi) is 4.58. The van der Waals surface area contributed by atoms with E-state index in [1.807, 2.05) is 97.1 Å². The van der Waals surface area contributed by atoms with Crippen molar-refractivity contribution in [2.75, 3.05) is 0 Å². The molecule has 2 heterocycles. The third kappa shape index (κ3) is 2.94. The molecule has 4 heteroatoms. The molecule has 0 radical (unpaired) electrons. The van der Waals surface area contributed by atoms with E-state index in [2.05, 4.69) is 0 Å². The third-order valence-corrected chi connectivity index (χ3v) is 6.53. The standard InChI is InChI=1S/C27H24O4/c1-20(28)26-18-24(21-12-6-3-7-13-21)29-25(26,2)30-31-27(19-26,22-14-8-4-9-15-22)23-16-10-5-11-17-23/h3-18H,19H2,1-2H3. The van der Waals surface area contributed by atoms with Crippen LogP contribution in [-0.4, -0.2) is 11.6 Å². The first kappa shape index (κ1) is 19.7. The molecule has 0 aliphatic carbocycles. The molecule has 3 aromatic carbocycles. The molecule has 0 aromatic heterocycles. The van der Waals surface area contributed by atoms with Crippen LogP contribution in [0.25, 0.3) is 5.76 Å². The number of benzene rings is 3. The maximum absolute atomic E-state index is 13.3. The number of hydrogen-bond donors (Lipinski definition) is 0. The van der Waals surface area contributed by atoms with E-state index in [0.717, 1.165) is 16.7 Å². The fourth-order valence-electron chi connectivity index (χ4n) is 4.73. The van der Waals surface area contributed by atoms with Gasteiger partial charge in [-0.3, -0.25) is 4.79 Å². The Labute approximate surface area is 182 Å². The van der Waals surface area contributed by atoms with Crippen molar-refractivity contribution in [3.05, 3.63) is 114 Å². The van der Waals surface area contributed by atoms with Crippen LogP contribution < -0.4 is 0 Å². The van der Waals surface area contributed by atoms with Crippen LogP contribution in [0.1, 0.15) is 37.0 Å². The molecule has 0 bridgehead atoms. The van der Waals surface area contributed by atoms with Crippen LogP contribution in [0.5, 0.6) is 0 Å². The summed E-state index contributed by atoms with van der Waals surface area (Å²) in [6.45, 7) is 3.38. The number of ether oxygens (including phenoxy) is 1. The summed E-state index contributed by atoms with van der Waals surface area (Å²) in [5.74, 6) is -0.670. The Morgan fingerprint density at radius 1 is 0.774 bits per heavy atom. The van der Waals surface area contributed by atoms with Crippen molar-refractivity contribution in [1.82, 2.24) is 0 Å². The van der Waals surface area contributed by atoms with Gasteiger partial charge in [-0.15, -0.1) is 0 Å². The largest absolute Gasteiger partial charge is 0.458 e. The zero-order valence-electron chi connectivity index (χ0n) is 17.6. The van der Waals surface area contributed by atoms with E-state index in [4.69, 9.17) is 14.5 Å². The third-order valence-electron chi connectivity index (χ3n) is 6.53. The predicted molar refractivity (Wildman–Crippen MR) is 117 cm³/mol. The highest BCUT2D eigenvalue weighted by Gasteiger charge is 2.67. The molecule has 156 valence electrons. The molecule has 4 nitrogen and oxygen atoms in total. The van der Waals surface area contributed by atoms with Gasteiger partial charge in [-0.1, -0.05) is 91.0 Å². The number of carbonyl (C=O) groups is 1. The van der Waals surface area contributed by atoms with E-state index in [-0.39, 0.29) is 5.78 Å². The normalized spacial score (nSPS) is 26.5. The number of ketones is 1. The zero-order chi connectivity index (χ0) is 21.5. The van der Waals surface area contributed by atoms with Gasteiger partial charge in [-0.2, -0.15) is 4.89 Å². The first-order valence-electron chi connectivity index (χ1n) is 10.5. The molecule has 2 aliphatic heterocycles. The van der Waals surface area contributed by atoms with Gasteiger partial charge in [0.05, 0.1) is 0 Å². The molecule has 2 atom stereocenters. The number of carbonyl (C=O) groups excluding carboxylic acids is 1. The van der Waals surface area contributed by atoms with Gasteiger partial charge in [0.25, 0.3) is 5.79 Å². The van der Waals surface area contributed by atoms with Crippen LogP contribution in [-0.2, 0) is 24.9 Å². The van der Waals surface area contributed by atoms with Crippen LogP contribution in [0.15, 0.2) is 97.1 Å². The second-order valence-corrected chi connectivity index (χ2v) is 8.35. The highest BCUT2D eigenvalue weighted by atomic mass is 17.2. The highest BCUT2D eigenvalue weighted by Crippen LogP contribution is 2.60. The Morgan fingerprint density at radius 3 is 1.81 bits per heavy atom. The molecule has 2 aliphatic rings. The van der Waals surface area contributed by atoms with Crippen molar-refractivity contribution in [3.63, 3.8) is 0 Å². The smallest absolute Gasteiger partial charge is 0.254 e. The lowest BCUT2D eigenvalue weighted by molar-refractivity contribution is -0.491. The molecule has 2 unspecified atom stereocenters. The molecular formula is C27H24O4. The predicted octanol–water partition coefficient (Wildman–Crippen LogP) is 5.65. The molecule has 5 rings (SSSR count). The van der Waals surface area contributed by atoms with Crippen LogP contribution in [0.4, 0.5) is 0 Å². The average molecular weight is 412 g/mol. The molecule has 0 saturated carbocycles. The van der Waals surface area contributed by atoms with Gasteiger partial charge < -0.3 is 4.74 Å². The van der Waals surface area contributed by atoms with Crippen LogP contribution >= 0.6 is 0 Å². The summed E-state index contributed by atoms with van der Waals surface area (Å²) in [5.41, 5.74) is 0.755. The van der Waals surface area contributed by atoms with Crippen molar-refractivity contribution >= 4 is 11.5 Å². The molecule has 1 fully saturated rings. The minimum atomic E-state index is -1.27. The molecule has 0 N–H and O–H groups in total. The summed E-state index contributed by atoms with van der Waals surface area (Å²) in [4.78, 5) is 25.5. The SMILES string of the molecule is CC(=O)C12C=C(c3ccccc3)OC1(C)OOC(c1ccccc1)(c1ccccc1)C2. The van der Waals surface area contributed by atoms with Gasteiger partial charge in [-0.25, -0.2) is 4.89 Å². The summed E-state index contributed by atoms with van der Waals surface area (Å²) in [6.07, 6.45) is 2.28. The van der Waals surface area contributed by atoms with E-state index in [9.17, 15) is 4.79 Å². The second kappa shape index (κ2) is 7.19. The Bertz CT molecular complexity index is 1080. The van der Waals surface area contributed by atoms with E-state index >= 15 is 0 Å². The topological polar surface area (TPSA) is 44.8 Å². The Balaban J connectivity index is 1.70.